The maximum absolute atomic E-state index is 11.2. The van der Waals surface area contributed by atoms with Gasteiger partial charge in [-0.15, -0.1) is 0 Å². The van der Waals surface area contributed by atoms with Crippen LogP contribution in [0.1, 0.15) is 18.5 Å². The number of benzene rings is 1. The summed E-state index contributed by atoms with van der Waals surface area (Å²) in [4.78, 5) is 24.7. The number of fused-ring (bicyclic) bond motifs is 1. The molecule has 88 valence electrons. The number of H-pyrrole nitrogens is 1. The highest BCUT2D eigenvalue weighted by Gasteiger charge is 2.09. The summed E-state index contributed by atoms with van der Waals surface area (Å²) in [6.07, 6.45) is 1.21. The van der Waals surface area contributed by atoms with Crippen molar-refractivity contribution < 1.29 is 9.21 Å². The molecule has 0 saturated carbocycles. The van der Waals surface area contributed by atoms with Gasteiger partial charge in [-0.1, -0.05) is 12.6 Å². The van der Waals surface area contributed by atoms with Crippen LogP contribution in [0.5, 0.6) is 0 Å². The number of amides is 1. The van der Waals surface area contributed by atoms with E-state index in [1.807, 2.05) is 13.0 Å². The molecule has 0 bridgehead atoms. The fourth-order valence-electron chi connectivity index (χ4n) is 1.59. The van der Waals surface area contributed by atoms with E-state index in [9.17, 15) is 9.59 Å². The fraction of sp³-hybridized carbons (Fsp3) is 0.167. The van der Waals surface area contributed by atoms with Crippen molar-refractivity contribution in [3.05, 3.63) is 47.0 Å². The van der Waals surface area contributed by atoms with Crippen LogP contribution in [0.15, 0.2) is 40.1 Å². The van der Waals surface area contributed by atoms with Crippen molar-refractivity contribution in [2.24, 2.45) is 0 Å². The molecule has 0 radical (unpaired) electrons. The molecule has 0 aliphatic carbocycles. The SMILES string of the molecule is C=CC(=O)NC(C)c1ccc2[nH]c(=O)oc2c1. The quantitative estimate of drug-likeness (QED) is 0.787. The first-order valence-corrected chi connectivity index (χ1v) is 5.16. The van der Waals surface area contributed by atoms with Gasteiger partial charge in [-0.3, -0.25) is 9.78 Å². The van der Waals surface area contributed by atoms with Crippen LogP contribution < -0.4 is 11.1 Å². The van der Waals surface area contributed by atoms with E-state index < -0.39 is 5.76 Å². The number of hydrogen-bond donors (Lipinski definition) is 2. The van der Waals surface area contributed by atoms with Gasteiger partial charge < -0.3 is 9.73 Å². The molecule has 1 atom stereocenters. The van der Waals surface area contributed by atoms with Crippen molar-refractivity contribution in [3.63, 3.8) is 0 Å². The van der Waals surface area contributed by atoms with Crippen LogP contribution in [0.4, 0.5) is 0 Å². The van der Waals surface area contributed by atoms with E-state index in [0.717, 1.165) is 5.56 Å². The number of carbonyl (C=O) groups is 1. The smallest absolute Gasteiger partial charge is 0.408 e. The number of rotatable bonds is 3. The third kappa shape index (κ3) is 2.28. The molecule has 1 amide bonds. The van der Waals surface area contributed by atoms with Gasteiger partial charge in [-0.25, -0.2) is 4.79 Å². The molecule has 5 nitrogen and oxygen atoms in total. The number of carbonyl (C=O) groups excluding carboxylic acids is 1. The fourth-order valence-corrected chi connectivity index (χ4v) is 1.59. The van der Waals surface area contributed by atoms with Crippen molar-refractivity contribution in [3.8, 4) is 0 Å². The first-order chi connectivity index (χ1) is 8.10. The lowest BCUT2D eigenvalue weighted by atomic mass is 10.1. The highest BCUT2D eigenvalue weighted by Crippen LogP contribution is 2.18. The summed E-state index contributed by atoms with van der Waals surface area (Å²) in [5, 5.41) is 2.73. The lowest BCUT2D eigenvalue weighted by molar-refractivity contribution is -0.117. The van der Waals surface area contributed by atoms with Crippen molar-refractivity contribution in [2.75, 3.05) is 0 Å². The number of hydrogen-bond acceptors (Lipinski definition) is 3. The van der Waals surface area contributed by atoms with Crippen molar-refractivity contribution in [1.29, 1.82) is 0 Å². The van der Waals surface area contributed by atoms with Crippen LogP contribution in [0.2, 0.25) is 0 Å². The normalized spacial score (nSPS) is 12.3. The molecule has 0 aliphatic heterocycles. The molecule has 2 aromatic rings. The molecule has 1 aromatic heterocycles. The van der Waals surface area contributed by atoms with E-state index in [1.54, 1.807) is 12.1 Å². The first-order valence-electron chi connectivity index (χ1n) is 5.16. The topological polar surface area (TPSA) is 75.1 Å². The Labute approximate surface area is 97.1 Å². The van der Waals surface area contributed by atoms with Crippen LogP contribution >= 0.6 is 0 Å². The van der Waals surface area contributed by atoms with Gasteiger partial charge in [-0.05, 0) is 30.7 Å². The lowest BCUT2D eigenvalue weighted by Crippen LogP contribution is -2.24. The van der Waals surface area contributed by atoms with Crippen LogP contribution in [0, 0.1) is 0 Å². The Bertz CT molecular complexity index is 624. The Morgan fingerprint density at radius 2 is 2.35 bits per heavy atom. The molecular weight excluding hydrogens is 220 g/mol. The monoisotopic (exact) mass is 232 g/mol. The summed E-state index contributed by atoms with van der Waals surface area (Å²) in [7, 11) is 0. The van der Waals surface area contributed by atoms with Gasteiger partial charge in [0.15, 0.2) is 5.58 Å². The molecule has 1 heterocycles. The van der Waals surface area contributed by atoms with E-state index >= 15 is 0 Å². The molecule has 1 unspecified atom stereocenters. The number of nitrogens with one attached hydrogen (secondary N) is 2. The van der Waals surface area contributed by atoms with Crippen LogP contribution in [0.25, 0.3) is 11.1 Å². The van der Waals surface area contributed by atoms with E-state index in [2.05, 4.69) is 16.9 Å². The summed E-state index contributed by atoms with van der Waals surface area (Å²) in [6.45, 7) is 5.22. The molecule has 1 aromatic carbocycles. The Morgan fingerprint density at radius 3 is 3.06 bits per heavy atom. The van der Waals surface area contributed by atoms with Gasteiger partial charge >= 0.3 is 5.76 Å². The minimum atomic E-state index is -0.486. The lowest BCUT2D eigenvalue weighted by Gasteiger charge is -2.12. The van der Waals surface area contributed by atoms with Crippen molar-refractivity contribution in [2.45, 2.75) is 13.0 Å². The van der Waals surface area contributed by atoms with E-state index in [1.165, 1.54) is 6.08 Å². The first kappa shape index (κ1) is 11.2. The summed E-state index contributed by atoms with van der Waals surface area (Å²) in [5.41, 5.74) is 1.98. The highest BCUT2D eigenvalue weighted by molar-refractivity contribution is 5.87. The second-order valence-corrected chi connectivity index (χ2v) is 3.70. The van der Waals surface area contributed by atoms with E-state index in [-0.39, 0.29) is 11.9 Å². The van der Waals surface area contributed by atoms with Gasteiger partial charge in [0, 0.05) is 0 Å². The zero-order chi connectivity index (χ0) is 12.4. The molecule has 17 heavy (non-hydrogen) atoms. The second-order valence-electron chi connectivity index (χ2n) is 3.70. The summed E-state index contributed by atoms with van der Waals surface area (Å²) in [5.74, 6) is -0.729. The van der Waals surface area contributed by atoms with Crippen LogP contribution in [-0.4, -0.2) is 10.9 Å². The van der Waals surface area contributed by atoms with Gasteiger partial charge in [-0.2, -0.15) is 0 Å². The van der Waals surface area contributed by atoms with Gasteiger partial charge in [0.25, 0.3) is 0 Å². The molecule has 2 rings (SSSR count). The summed E-state index contributed by atoms with van der Waals surface area (Å²) in [6, 6.07) is 5.11. The molecule has 0 aliphatic rings. The zero-order valence-electron chi connectivity index (χ0n) is 9.32. The number of aromatic nitrogens is 1. The van der Waals surface area contributed by atoms with Gasteiger partial charge in [0.05, 0.1) is 11.6 Å². The minimum absolute atomic E-state index is 0.176. The Morgan fingerprint density at radius 1 is 1.59 bits per heavy atom. The molecule has 0 spiro atoms. The Kier molecular flexibility index (Phi) is 2.82. The van der Waals surface area contributed by atoms with Gasteiger partial charge in [0.1, 0.15) is 0 Å². The second kappa shape index (κ2) is 4.29. The Balaban J connectivity index is 2.32. The molecule has 0 fully saturated rings. The van der Waals surface area contributed by atoms with Crippen LogP contribution in [0.3, 0.4) is 0 Å². The molecule has 2 N–H and O–H groups in total. The Hall–Kier alpha value is -2.30. The number of aromatic amines is 1. The minimum Gasteiger partial charge on any atom is -0.408 e. The molecule has 5 heteroatoms. The third-order valence-corrected chi connectivity index (χ3v) is 2.49. The third-order valence-electron chi connectivity index (χ3n) is 2.49. The average Bonchev–Trinajstić information content (AvgIpc) is 2.67. The summed E-state index contributed by atoms with van der Waals surface area (Å²) < 4.78 is 4.95. The zero-order valence-corrected chi connectivity index (χ0v) is 9.32. The van der Waals surface area contributed by atoms with Crippen molar-refractivity contribution >= 4 is 17.0 Å². The van der Waals surface area contributed by atoms with Gasteiger partial charge in [0.2, 0.25) is 5.91 Å². The number of oxazole rings is 1. The highest BCUT2D eigenvalue weighted by atomic mass is 16.4. The maximum atomic E-state index is 11.2. The molecule has 0 saturated heterocycles. The largest absolute Gasteiger partial charge is 0.417 e. The summed E-state index contributed by atoms with van der Waals surface area (Å²) >= 11 is 0. The maximum Gasteiger partial charge on any atom is 0.417 e. The predicted octanol–water partition coefficient (Wildman–Crippen LogP) is 1.48. The van der Waals surface area contributed by atoms with Crippen LogP contribution in [-0.2, 0) is 4.79 Å². The van der Waals surface area contributed by atoms with Crippen molar-refractivity contribution in [1.82, 2.24) is 10.3 Å². The predicted molar refractivity (Wildman–Crippen MR) is 63.6 cm³/mol. The molecular formula is C12H12N2O3. The van der Waals surface area contributed by atoms with E-state index in [4.69, 9.17) is 4.42 Å². The average molecular weight is 232 g/mol. The standard InChI is InChI=1S/C12H12N2O3/c1-3-11(15)13-7(2)8-4-5-9-10(6-8)17-12(16)14-9/h3-7H,1H2,2H3,(H,13,15)(H,14,16). The van der Waals surface area contributed by atoms with E-state index in [0.29, 0.717) is 11.1 Å².